The number of amides is 1. The lowest BCUT2D eigenvalue weighted by Gasteiger charge is -2.33. The highest BCUT2D eigenvalue weighted by Crippen LogP contribution is 2.42. The van der Waals surface area contributed by atoms with Gasteiger partial charge in [0.1, 0.15) is 28.7 Å². The molecule has 8 heteroatoms. The van der Waals surface area contributed by atoms with E-state index in [-0.39, 0.29) is 18.6 Å². The van der Waals surface area contributed by atoms with Gasteiger partial charge < -0.3 is 23.9 Å². The zero-order valence-corrected chi connectivity index (χ0v) is 20.3. The van der Waals surface area contributed by atoms with E-state index >= 15 is 0 Å². The first-order valence-corrected chi connectivity index (χ1v) is 11.5. The van der Waals surface area contributed by atoms with Gasteiger partial charge in [0.2, 0.25) is 0 Å². The van der Waals surface area contributed by atoms with Gasteiger partial charge in [-0.25, -0.2) is 9.59 Å². The van der Waals surface area contributed by atoms with Crippen molar-refractivity contribution in [3.8, 4) is 11.5 Å². The normalized spacial score (nSPS) is 15.0. The van der Waals surface area contributed by atoms with Crippen molar-refractivity contribution in [3.05, 3.63) is 69.6 Å². The maximum Gasteiger partial charge on any atom is 0.336 e. The molecule has 0 bridgehead atoms. The molecule has 184 valence electrons. The molecule has 0 unspecified atom stereocenters. The number of esters is 1. The van der Waals surface area contributed by atoms with Crippen LogP contribution in [0.15, 0.2) is 51.7 Å². The summed E-state index contributed by atoms with van der Waals surface area (Å²) in [5.41, 5.74) is 1.94. The van der Waals surface area contributed by atoms with Crippen molar-refractivity contribution in [1.29, 1.82) is 0 Å². The Hall–Kier alpha value is -3.81. The monoisotopic (exact) mass is 479 g/mol. The fourth-order valence-corrected chi connectivity index (χ4v) is 4.30. The number of carbonyl (C=O) groups is 2. The van der Waals surface area contributed by atoms with E-state index in [1.54, 1.807) is 13.0 Å². The number of carbonyl (C=O) groups excluding carboxylic acids is 2. The summed E-state index contributed by atoms with van der Waals surface area (Å²) in [6.07, 6.45) is 1.74. The Morgan fingerprint density at radius 1 is 1.17 bits per heavy atom. The molecule has 1 atom stereocenters. The molecule has 0 saturated heterocycles. The number of benzene rings is 2. The Morgan fingerprint density at radius 2 is 1.91 bits per heavy atom. The van der Waals surface area contributed by atoms with Gasteiger partial charge in [0, 0.05) is 24.1 Å². The molecule has 0 saturated carbocycles. The summed E-state index contributed by atoms with van der Waals surface area (Å²) in [4.78, 5) is 37.1. The van der Waals surface area contributed by atoms with Gasteiger partial charge in [0.25, 0.3) is 5.91 Å². The van der Waals surface area contributed by atoms with Crippen LogP contribution in [-0.2, 0) is 27.2 Å². The SMILES string of the molecule is COC(=O)[C@H](Cc1ccccc1)NC(=O)COc1cc2c(c3oc(=O)cc(C)c13)CCC(C)(C)O2. The molecule has 1 N–H and O–H groups in total. The van der Waals surface area contributed by atoms with Crippen LogP contribution >= 0.6 is 0 Å². The third-order valence-electron chi connectivity index (χ3n) is 6.06. The van der Waals surface area contributed by atoms with Gasteiger partial charge in [-0.05, 0) is 44.7 Å². The fourth-order valence-electron chi connectivity index (χ4n) is 4.30. The van der Waals surface area contributed by atoms with Crippen molar-refractivity contribution in [2.45, 2.75) is 51.7 Å². The van der Waals surface area contributed by atoms with Crippen molar-refractivity contribution >= 4 is 22.8 Å². The average Bonchev–Trinajstić information content (AvgIpc) is 2.81. The lowest BCUT2D eigenvalue weighted by molar-refractivity contribution is -0.145. The van der Waals surface area contributed by atoms with Crippen LogP contribution < -0.4 is 20.4 Å². The summed E-state index contributed by atoms with van der Waals surface area (Å²) in [5.74, 6) is -0.104. The van der Waals surface area contributed by atoms with Crippen LogP contribution in [-0.4, -0.2) is 37.2 Å². The van der Waals surface area contributed by atoms with Gasteiger partial charge in [0.15, 0.2) is 6.61 Å². The minimum Gasteiger partial charge on any atom is -0.487 e. The molecular weight excluding hydrogens is 450 g/mol. The summed E-state index contributed by atoms with van der Waals surface area (Å²) < 4.78 is 22.4. The van der Waals surface area contributed by atoms with Crippen LogP contribution in [0.1, 0.15) is 37.0 Å². The maximum atomic E-state index is 12.8. The highest BCUT2D eigenvalue weighted by atomic mass is 16.5. The molecule has 2 aromatic carbocycles. The Kier molecular flexibility index (Phi) is 6.82. The van der Waals surface area contributed by atoms with E-state index in [0.717, 1.165) is 17.5 Å². The van der Waals surface area contributed by atoms with Gasteiger partial charge in [-0.15, -0.1) is 0 Å². The van der Waals surface area contributed by atoms with Crippen molar-refractivity contribution in [1.82, 2.24) is 5.32 Å². The summed E-state index contributed by atoms with van der Waals surface area (Å²) in [6, 6.07) is 11.6. The van der Waals surface area contributed by atoms with Gasteiger partial charge in [-0.1, -0.05) is 30.3 Å². The standard InChI is InChI=1S/C27H29NO7/c1-16-12-23(30)34-25-18-10-11-27(2,3)35-20(18)14-21(24(16)25)33-15-22(29)28-19(26(31)32-4)13-17-8-6-5-7-9-17/h5-9,12,14,19H,10-11,13,15H2,1-4H3,(H,28,29)/t19-/m0/s1. The van der Waals surface area contributed by atoms with E-state index in [4.69, 9.17) is 18.6 Å². The molecule has 1 amide bonds. The van der Waals surface area contributed by atoms with E-state index in [1.807, 2.05) is 44.2 Å². The number of ether oxygens (including phenoxy) is 3. The third kappa shape index (κ3) is 5.48. The molecule has 1 aliphatic heterocycles. The predicted octanol–water partition coefficient (Wildman–Crippen LogP) is 3.48. The fraction of sp³-hybridized carbons (Fsp3) is 0.370. The van der Waals surface area contributed by atoms with Crippen molar-refractivity contribution in [2.75, 3.05) is 13.7 Å². The van der Waals surface area contributed by atoms with Crippen molar-refractivity contribution in [2.24, 2.45) is 0 Å². The first-order valence-electron chi connectivity index (χ1n) is 11.5. The minimum absolute atomic E-state index is 0.286. The van der Waals surface area contributed by atoms with Crippen molar-refractivity contribution in [3.63, 3.8) is 0 Å². The molecule has 0 aliphatic carbocycles. The molecule has 3 aromatic rings. The van der Waals surface area contributed by atoms with E-state index in [1.165, 1.54) is 13.2 Å². The second-order valence-corrected chi connectivity index (χ2v) is 9.29. The van der Waals surface area contributed by atoms with Gasteiger partial charge in [-0.3, -0.25) is 4.79 Å². The summed E-state index contributed by atoms with van der Waals surface area (Å²) in [7, 11) is 1.28. The van der Waals surface area contributed by atoms with Crippen molar-refractivity contribution < 1.29 is 28.2 Å². The quantitative estimate of drug-likeness (QED) is 0.409. The third-order valence-corrected chi connectivity index (χ3v) is 6.06. The van der Waals surface area contributed by atoms with Crippen LogP contribution in [0.3, 0.4) is 0 Å². The average molecular weight is 480 g/mol. The summed E-state index contributed by atoms with van der Waals surface area (Å²) in [6.45, 7) is 5.41. The second-order valence-electron chi connectivity index (χ2n) is 9.29. The van der Waals surface area contributed by atoms with Gasteiger partial charge in [0.05, 0.1) is 12.5 Å². The van der Waals surface area contributed by atoms with Crippen LogP contribution in [0, 0.1) is 6.92 Å². The molecule has 0 spiro atoms. The largest absolute Gasteiger partial charge is 0.487 e. The zero-order chi connectivity index (χ0) is 25.2. The molecule has 2 heterocycles. The molecule has 1 aromatic heterocycles. The Balaban J connectivity index is 1.58. The smallest absolute Gasteiger partial charge is 0.336 e. The molecule has 8 nitrogen and oxygen atoms in total. The van der Waals surface area contributed by atoms with Gasteiger partial charge >= 0.3 is 11.6 Å². The maximum absolute atomic E-state index is 12.8. The first-order chi connectivity index (χ1) is 16.7. The number of rotatable bonds is 7. The first kappa shape index (κ1) is 24.3. The number of fused-ring (bicyclic) bond motifs is 3. The van der Waals surface area contributed by atoms with Gasteiger partial charge in [-0.2, -0.15) is 0 Å². The molecule has 1 aliphatic rings. The molecule has 0 fully saturated rings. The van der Waals surface area contributed by atoms with Crippen LogP contribution in [0.4, 0.5) is 0 Å². The Bertz CT molecular complexity index is 1310. The number of nitrogens with one attached hydrogen (secondary N) is 1. The molecular formula is C27H29NO7. The Morgan fingerprint density at radius 3 is 2.63 bits per heavy atom. The molecule has 35 heavy (non-hydrogen) atoms. The highest BCUT2D eigenvalue weighted by Gasteiger charge is 2.31. The zero-order valence-electron chi connectivity index (χ0n) is 20.3. The number of methoxy groups -OCH3 is 1. The lowest BCUT2D eigenvalue weighted by Crippen LogP contribution is -2.44. The predicted molar refractivity (Wildman–Crippen MR) is 130 cm³/mol. The van der Waals surface area contributed by atoms with Crippen LogP contribution in [0.2, 0.25) is 0 Å². The van der Waals surface area contributed by atoms with E-state index in [9.17, 15) is 14.4 Å². The summed E-state index contributed by atoms with van der Waals surface area (Å²) in [5, 5.41) is 3.31. The number of aryl methyl sites for hydroxylation is 2. The summed E-state index contributed by atoms with van der Waals surface area (Å²) >= 11 is 0. The van der Waals surface area contributed by atoms with Crippen LogP contribution in [0.5, 0.6) is 11.5 Å². The minimum atomic E-state index is -0.859. The van der Waals surface area contributed by atoms with Crippen LogP contribution in [0.25, 0.3) is 11.0 Å². The number of hydrogen-bond acceptors (Lipinski definition) is 7. The molecule has 0 radical (unpaired) electrons. The lowest BCUT2D eigenvalue weighted by atomic mass is 9.92. The van der Waals surface area contributed by atoms with E-state index in [0.29, 0.717) is 34.5 Å². The number of hydrogen-bond donors (Lipinski definition) is 1. The highest BCUT2D eigenvalue weighted by molar-refractivity contribution is 5.92. The van der Waals surface area contributed by atoms with E-state index in [2.05, 4.69) is 5.32 Å². The molecule has 4 rings (SSSR count). The van der Waals surface area contributed by atoms with E-state index < -0.39 is 23.5 Å². The topological polar surface area (TPSA) is 104 Å². The Labute approximate surface area is 203 Å². The second kappa shape index (κ2) is 9.82.